The van der Waals surface area contributed by atoms with E-state index in [1.165, 1.54) is 43.2 Å². The van der Waals surface area contributed by atoms with E-state index in [0.29, 0.717) is 0 Å². The van der Waals surface area contributed by atoms with Crippen molar-refractivity contribution in [3.05, 3.63) is 41.5 Å². The average molecular weight is 297 g/mol. The zero-order chi connectivity index (χ0) is 15.2. The van der Waals surface area contributed by atoms with Crippen LogP contribution in [0.25, 0.3) is 0 Å². The number of hydrogen-bond acceptors (Lipinski definition) is 2. The molecule has 1 aliphatic heterocycles. The van der Waals surface area contributed by atoms with Crippen molar-refractivity contribution in [3.8, 4) is 5.75 Å². The Kier molecular flexibility index (Phi) is 5.31. The van der Waals surface area contributed by atoms with Crippen molar-refractivity contribution >= 4 is 5.71 Å². The molecule has 0 N–H and O–H groups in total. The van der Waals surface area contributed by atoms with Gasteiger partial charge in [0.05, 0.1) is 12.3 Å². The molecule has 0 saturated heterocycles. The minimum Gasteiger partial charge on any atom is -0.494 e. The number of nitrogens with zero attached hydrogens (tertiary/aromatic N) is 1. The highest BCUT2D eigenvalue weighted by molar-refractivity contribution is 6.10. The van der Waals surface area contributed by atoms with E-state index in [1.54, 1.807) is 0 Å². The van der Waals surface area contributed by atoms with E-state index >= 15 is 0 Å². The van der Waals surface area contributed by atoms with Crippen molar-refractivity contribution in [1.29, 1.82) is 0 Å². The molecule has 0 aromatic heterocycles. The molecular weight excluding hydrogens is 270 g/mol. The molecule has 1 fully saturated rings. The Morgan fingerprint density at radius 1 is 1.23 bits per heavy atom. The lowest BCUT2D eigenvalue weighted by Crippen LogP contribution is -2.12. The first-order valence-corrected chi connectivity index (χ1v) is 8.85. The Morgan fingerprint density at radius 2 is 2.09 bits per heavy atom. The van der Waals surface area contributed by atoms with Crippen molar-refractivity contribution in [2.45, 2.75) is 51.9 Å². The number of allylic oxidation sites excluding steroid dienone is 2. The van der Waals surface area contributed by atoms with Gasteiger partial charge in [-0.1, -0.05) is 32.3 Å². The predicted octanol–water partition coefficient (Wildman–Crippen LogP) is 4.96. The molecule has 0 amide bonds. The lowest BCUT2D eigenvalue weighted by atomic mass is 9.88. The Balaban J connectivity index is 1.72. The molecule has 22 heavy (non-hydrogen) atoms. The van der Waals surface area contributed by atoms with Gasteiger partial charge < -0.3 is 4.74 Å². The highest BCUT2D eigenvalue weighted by Crippen LogP contribution is 2.26. The molecular formula is C20H27NO. The number of aliphatic imine (C=N–C) groups is 1. The summed E-state index contributed by atoms with van der Waals surface area (Å²) < 4.78 is 5.75. The molecule has 2 nitrogen and oxygen atoms in total. The fourth-order valence-electron chi connectivity index (χ4n) is 3.41. The Bertz CT molecular complexity index is 553. The quantitative estimate of drug-likeness (QED) is 0.753. The molecule has 0 unspecified atom stereocenters. The van der Waals surface area contributed by atoms with Gasteiger partial charge in [0, 0.05) is 12.1 Å². The zero-order valence-electron chi connectivity index (χ0n) is 13.7. The maximum absolute atomic E-state index is 5.75. The first-order chi connectivity index (χ1) is 10.9. The topological polar surface area (TPSA) is 21.6 Å². The summed E-state index contributed by atoms with van der Waals surface area (Å²) in [5, 5.41) is 0. The minimum absolute atomic E-state index is 0.758. The molecule has 2 heteroatoms. The molecule has 0 bridgehead atoms. The first-order valence-electron chi connectivity index (χ1n) is 8.85. The second kappa shape index (κ2) is 7.62. The van der Waals surface area contributed by atoms with Crippen LogP contribution >= 0.6 is 0 Å². The molecule has 2 aliphatic rings. The SMILES string of the molecule is CCCOc1ccc2c(c1)CCN=C2/C=C/C1CCCCC1. The molecule has 0 atom stereocenters. The number of benzene rings is 1. The van der Waals surface area contributed by atoms with Gasteiger partial charge in [-0.25, -0.2) is 0 Å². The van der Waals surface area contributed by atoms with Crippen LogP contribution in [0.2, 0.25) is 0 Å². The minimum atomic E-state index is 0.758. The lowest BCUT2D eigenvalue weighted by molar-refractivity contribution is 0.317. The highest BCUT2D eigenvalue weighted by atomic mass is 16.5. The third kappa shape index (κ3) is 3.79. The zero-order valence-corrected chi connectivity index (χ0v) is 13.7. The van der Waals surface area contributed by atoms with E-state index in [-0.39, 0.29) is 0 Å². The maximum Gasteiger partial charge on any atom is 0.119 e. The van der Waals surface area contributed by atoms with Crippen LogP contribution in [-0.4, -0.2) is 18.9 Å². The second-order valence-electron chi connectivity index (χ2n) is 6.44. The first kappa shape index (κ1) is 15.3. The molecule has 1 aliphatic carbocycles. The summed E-state index contributed by atoms with van der Waals surface area (Å²) in [5.74, 6) is 1.76. The van der Waals surface area contributed by atoms with Gasteiger partial charge in [0.1, 0.15) is 5.75 Å². The summed E-state index contributed by atoms with van der Waals surface area (Å²) in [5.41, 5.74) is 3.84. The van der Waals surface area contributed by atoms with E-state index in [4.69, 9.17) is 9.73 Å². The summed E-state index contributed by atoms with van der Waals surface area (Å²) in [6, 6.07) is 6.47. The van der Waals surface area contributed by atoms with E-state index < -0.39 is 0 Å². The second-order valence-corrected chi connectivity index (χ2v) is 6.44. The van der Waals surface area contributed by atoms with Crippen LogP contribution < -0.4 is 4.74 Å². The van der Waals surface area contributed by atoms with Crippen molar-refractivity contribution in [3.63, 3.8) is 0 Å². The van der Waals surface area contributed by atoms with Gasteiger partial charge >= 0.3 is 0 Å². The van der Waals surface area contributed by atoms with Crippen LogP contribution in [0.1, 0.15) is 56.6 Å². The van der Waals surface area contributed by atoms with Crippen LogP contribution in [-0.2, 0) is 6.42 Å². The Hall–Kier alpha value is -1.57. The van der Waals surface area contributed by atoms with Crippen molar-refractivity contribution < 1.29 is 4.74 Å². The van der Waals surface area contributed by atoms with Crippen LogP contribution in [0.4, 0.5) is 0 Å². The maximum atomic E-state index is 5.75. The smallest absolute Gasteiger partial charge is 0.119 e. The van der Waals surface area contributed by atoms with Gasteiger partial charge in [-0.2, -0.15) is 0 Å². The lowest BCUT2D eigenvalue weighted by Gasteiger charge is -2.19. The Morgan fingerprint density at radius 3 is 2.91 bits per heavy atom. The molecule has 1 aromatic rings. The van der Waals surface area contributed by atoms with E-state index in [1.807, 2.05) is 0 Å². The fraction of sp³-hybridized carbons (Fsp3) is 0.550. The molecule has 0 spiro atoms. The van der Waals surface area contributed by atoms with E-state index in [2.05, 4.69) is 37.3 Å². The monoisotopic (exact) mass is 297 g/mol. The summed E-state index contributed by atoms with van der Waals surface area (Å²) in [6.45, 7) is 3.83. The predicted molar refractivity (Wildman–Crippen MR) is 93.1 cm³/mol. The number of ether oxygens (including phenoxy) is 1. The van der Waals surface area contributed by atoms with E-state index in [0.717, 1.165) is 43.4 Å². The normalized spacial score (nSPS) is 19.0. The Labute approximate surface area is 134 Å². The van der Waals surface area contributed by atoms with Gasteiger partial charge in [-0.15, -0.1) is 0 Å². The van der Waals surface area contributed by atoms with Gasteiger partial charge in [-0.3, -0.25) is 4.99 Å². The van der Waals surface area contributed by atoms with Gasteiger partial charge in [0.2, 0.25) is 0 Å². The number of rotatable bonds is 5. The largest absolute Gasteiger partial charge is 0.494 e. The summed E-state index contributed by atoms with van der Waals surface area (Å²) in [6.07, 6.45) is 13.6. The summed E-state index contributed by atoms with van der Waals surface area (Å²) in [4.78, 5) is 4.74. The molecule has 1 aromatic carbocycles. The van der Waals surface area contributed by atoms with Crippen LogP contribution in [0.5, 0.6) is 5.75 Å². The molecule has 1 heterocycles. The fourth-order valence-corrected chi connectivity index (χ4v) is 3.41. The van der Waals surface area contributed by atoms with Crippen molar-refractivity contribution in [1.82, 2.24) is 0 Å². The van der Waals surface area contributed by atoms with Gasteiger partial charge in [0.25, 0.3) is 0 Å². The van der Waals surface area contributed by atoms with Gasteiger partial charge in [0.15, 0.2) is 0 Å². The average Bonchev–Trinajstić information content (AvgIpc) is 2.58. The number of fused-ring (bicyclic) bond motifs is 1. The highest BCUT2D eigenvalue weighted by Gasteiger charge is 2.14. The molecule has 3 rings (SSSR count). The third-order valence-electron chi connectivity index (χ3n) is 4.66. The molecule has 1 saturated carbocycles. The van der Waals surface area contributed by atoms with E-state index in [9.17, 15) is 0 Å². The summed E-state index contributed by atoms with van der Waals surface area (Å²) >= 11 is 0. The number of hydrogen-bond donors (Lipinski definition) is 0. The van der Waals surface area contributed by atoms with Crippen LogP contribution in [0, 0.1) is 5.92 Å². The van der Waals surface area contributed by atoms with Crippen LogP contribution in [0.15, 0.2) is 35.3 Å². The van der Waals surface area contributed by atoms with Crippen molar-refractivity contribution in [2.75, 3.05) is 13.2 Å². The molecule has 118 valence electrons. The van der Waals surface area contributed by atoms with Crippen LogP contribution in [0.3, 0.4) is 0 Å². The van der Waals surface area contributed by atoms with Crippen molar-refractivity contribution in [2.24, 2.45) is 10.9 Å². The third-order valence-corrected chi connectivity index (χ3v) is 4.66. The summed E-state index contributed by atoms with van der Waals surface area (Å²) in [7, 11) is 0. The molecule has 0 radical (unpaired) electrons. The standard InChI is InChI=1S/C20H27NO/c1-2-14-22-18-9-10-19-17(15-18)12-13-21-20(19)11-8-16-6-4-3-5-7-16/h8-11,15-16H,2-7,12-14H2,1H3/b11-8+. The van der Waals surface area contributed by atoms with Gasteiger partial charge in [-0.05, 0) is 61.4 Å².